The average molecular weight is 334 g/mol. The first-order chi connectivity index (χ1) is 9.65. The van der Waals surface area contributed by atoms with Crippen LogP contribution in [0.15, 0.2) is 62.2 Å². The summed E-state index contributed by atoms with van der Waals surface area (Å²) in [5.41, 5.74) is 0.675. The van der Waals surface area contributed by atoms with Gasteiger partial charge in [-0.25, -0.2) is 9.59 Å². The summed E-state index contributed by atoms with van der Waals surface area (Å²) < 4.78 is 11.8. The number of ether oxygens (including phenoxy) is 1. The number of para-hydroxylation sites is 1. The minimum Gasteiger partial charge on any atom is -0.410 e. The summed E-state index contributed by atoms with van der Waals surface area (Å²) in [6.07, 6.45) is -0.803. The largest absolute Gasteiger partial charge is 0.429 e. The molecule has 3 rings (SSSR count). The zero-order valence-corrected chi connectivity index (χ0v) is 11.7. The van der Waals surface area contributed by atoms with Gasteiger partial charge in [-0.3, -0.25) is 0 Å². The van der Waals surface area contributed by atoms with Crippen LogP contribution in [0.1, 0.15) is 0 Å². The Balaban J connectivity index is 2.04. The molecule has 0 radical (unpaired) electrons. The van der Waals surface area contributed by atoms with Gasteiger partial charge in [-0.1, -0.05) is 34.1 Å². The van der Waals surface area contributed by atoms with Crippen molar-refractivity contribution in [3.05, 3.63) is 63.6 Å². The van der Waals surface area contributed by atoms with Crippen LogP contribution in [0.2, 0.25) is 0 Å². The molecule has 100 valence electrons. The highest BCUT2D eigenvalue weighted by atomic mass is 79.9. The highest BCUT2D eigenvalue weighted by molar-refractivity contribution is 9.10. The van der Waals surface area contributed by atoms with Gasteiger partial charge in [-0.15, -0.1) is 0 Å². The molecule has 0 fully saturated rings. The summed E-state index contributed by atoms with van der Waals surface area (Å²) >= 11 is 3.27. The molecule has 6 heteroatoms. The van der Waals surface area contributed by atoms with Crippen molar-refractivity contribution in [3.63, 3.8) is 0 Å². The lowest BCUT2D eigenvalue weighted by Gasteiger charge is -2.03. The molecule has 20 heavy (non-hydrogen) atoms. The molecule has 0 aliphatic carbocycles. The molecule has 0 aliphatic rings. The predicted molar refractivity (Wildman–Crippen MR) is 76.0 cm³/mol. The Morgan fingerprint density at radius 1 is 1.15 bits per heavy atom. The van der Waals surface area contributed by atoms with E-state index in [1.165, 1.54) is 0 Å². The molecule has 0 bridgehead atoms. The molecular weight excluding hydrogens is 326 g/mol. The molecule has 3 aromatic rings. The quantitative estimate of drug-likeness (QED) is 0.684. The first kappa shape index (κ1) is 12.7. The van der Waals surface area contributed by atoms with E-state index >= 15 is 0 Å². The fraction of sp³-hybridized carbons (Fsp3) is 0. The highest BCUT2D eigenvalue weighted by Gasteiger charge is 2.18. The normalized spacial score (nSPS) is 10.7. The highest BCUT2D eigenvalue weighted by Crippen LogP contribution is 2.19. The second-order valence-electron chi connectivity index (χ2n) is 4.00. The summed E-state index contributed by atoms with van der Waals surface area (Å²) in [4.78, 5) is 23.8. The number of fused-ring (bicyclic) bond motifs is 1. The van der Waals surface area contributed by atoms with Crippen LogP contribution in [0.25, 0.3) is 11.1 Å². The fourth-order valence-corrected chi connectivity index (χ4v) is 2.14. The van der Waals surface area contributed by atoms with E-state index in [1.54, 1.807) is 48.5 Å². The molecule has 1 heterocycles. The van der Waals surface area contributed by atoms with Crippen LogP contribution in [-0.4, -0.2) is 10.7 Å². The lowest BCUT2D eigenvalue weighted by molar-refractivity contribution is 0.201. The van der Waals surface area contributed by atoms with Crippen LogP contribution in [0.3, 0.4) is 0 Å². The van der Waals surface area contributed by atoms with Crippen LogP contribution in [0.4, 0.5) is 4.79 Å². The van der Waals surface area contributed by atoms with Crippen molar-refractivity contribution in [2.45, 2.75) is 0 Å². The van der Waals surface area contributed by atoms with Gasteiger partial charge in [0.1, 0.15) is 11.3 Å². The Morgan fingerprint density at radius 2 is 1.90 bits per heavy atom. The average Bonchev–Trinajstić information content (AvgIpc) is 2.74. The number of nitrogens with zero attached hydrogens (tertiary/aromatic N) is 1. The van der Waals surface area contributed by atoms with Gasteiger partial charge in [0, 0.05) is 4.47 Å². The molecule has 0 saturated heterocycles. The van der Waals surface area contributed by atoms with E-state index in [0.29, 0.717) is 16.8 Å². The third-order valence-electron chi connectivity index (χ3n) is 2.67. The van der Waals surface area contributed by atoms with Crippen LogP contribution >= 0.6 is 15.9 Å². The Kier molecular flexibility index (Phi) is 3.15. The number of carbonyl (C=O) groups excluding carboxylic acids is 1. The van der Waals surface area contributed by atoms with Crippen molar-refractivity contribution in [3.8, 4) is 5.75 Å². The molecular formula is C14H8BrNO4. The number of carbonyl (C=O) groups is 1. The maximum absolute atomic E-state index is 12.1. The molecule has 2 aromatic carbocycles. The van der Waals surface area contributed by atoms with Crippen molar-refractivity contribution >= 4 is 33.1 Å². The number of hydrogen-bond acceptors (Lipinski definition) is 4. The molecule has 5 nitrogen and oxygen atoms in total. The number of hydrogen-bond donors (Lipinski definition) is 0. The smallest absolute Gasteiger partial charge is 0.410 e. The maximum atomic E-state index is 12.1. The number of benzene rings is 2. The standard InChI is InChI=1S/C14H8BrNO4/c15-9-6-7-11-12(8-9)20-14(18)16(11)13(17)19-10-4-2-1-3-5-10/h1-8H. The molecule has 0 spiro atoms. The summed E-state index contributed by atoms with van der Waals surface area (Å²) in [6.45, 7) is 0. The van der Waals surface area contributed by atoms with Crippen LogP contribution < -0.4 is 10.5 Å². The molecule has 0 N–H and O–H groups in total. The van der Waals surface area contributed by atoms with Crippen LogP contribution in [0.5, 0.6) is 5.75 Å². The Morgan fingerprint density at radius 3 is 2.65 bits per heavy atom. The fourth-order valence-electron chi connectivity index (χ4n) is 1.80. The SMILES string of the molecule is O=C(Oc1ccccc1)n1c(=O)oc2cc(Br)ccc21. The predicted octanol–water partition coefficient (Wildman–Crippen LogP) is 3.40. The molecule has 0 unspecified atom stereocenters. The topological polar surface area (TPSA) is 61.4 Å². The molecule has 0 aliphatic heterocycles. The van der Waals surface area contributed by atoms with Gasteiger partial charge in [-0.05, 0) is 30.3 Å². The first-order valence-electron chi connectivity index (χ1n) is 5.73. The van der Waals surface area contributed by atoms with Gasteiger partial charge in [0.25, 0.3) is 0 Å². The Hall–Kier alpha value is -2.34. The van der Waals surface area contributed by atoms with Crippen molar-refractivity contribution in [1.29, 1.82) is 0 Å². The van der Waals surface area contributed by atoms with E-state index in [2.05, 4.69) is 15.9 Å². The molecule has 0 atom stereocenters. The lowest BCUT2D eigenvalue weighted by atomic mass is 10.3. The summed E-state index contributed by atoms with van der Waals surface area (Å²) in [5, 5.41) is 0. The van der Waals surface area contributed by atoms with Gasteiger partial charge in [0.2, 0.25) is 0 Å². The monoisotopic (exact) mass is 333 g/mol. The van der Waals surface area contributed by atoms with Crippen molar-refractivity contribution < 1.29 is 13.9 Å². The third-order valence-corrected chi connectivity index (χ3v) is 3.17. The molecule has 1 aromatic heterocycles. The van der Waals surface area contributed by atoms with E-state index in [1.807, 2.05) is 0 Å². The maximum Gasteiger partial charge on any atom is 0.429 e. The van der Waals surface area contributed by atoms with Gasteiger partial charge in [0.15, 0.2) is 5.58 Å². The summed E-state index contributed by atoms with van der Waals surface area (Å²) in [6, 6.07) is 13.5. The minimum absolute atomic E-state index is 0.314. The number of oxazole rings is 1. The Bertz CT molecular complexity index is 835. The van der Waals surface area contributed by atoms with E-state index in [4.69, 9.17) is 9.15 Å². The summed E-state index contributed by atoms with van der Waals surface area (Å²) in [5.74, 6) is -0.421. The van der Waals surface area contributed by atoms with Crippen LogP contribution in [-0.2, 0) is 0 Å². The number of rotatable bonds is 1. The van der Waals surface area contributed by atoms with Crippen molar-refractivity contribution in [2.24, 2.45) is 0 Å². The van der Waals surface area contributed by atoms with Crippen molar-refractivity contribution in [2.75, 3.05) is 0 Å². The molecule has 0 amide bonds. The number of aromatic nitrogens is 1. The van der Waals surface area contributed by atoms with E-state index in [-0.39, 0.29) is 0 Å². The van der Waals surface area contributed by atoms with Gasteiger partial charge in [-0.2, -0.15) is 4.57 Å². The van der Waals surface area contributed by atoms with Gasteiger partial charge in [0.05, 0.1) is 0 Å². The third kappa shape index (κ3) is 2.25. The second kappa shape index (κ2) is 4.97. The minimum atomic E-state index is -0.803. The Labute approximate surface area is 121 Å². The first-order valence-corrected chi connectivity index (χ1v) is 6.53. The van der Waals surface area contributed by atoms with Crippen molar-refractivity contribution in [1.82, 2.24) is 4.57 Å². The van der Waals surface area contributed by atoms with E-state index in [9.17, 15) is 9.59 Å². The zero-order valence-electron chi connectivity index (χ0n) is 10.1. The van der Waals surface area contributed by atoms with E-state index in [0.717, 1.165) is 9.04 Å². The molecule has 0 saturated carbocycles. The lowest BCUT2D eigenvalue weighted by Crippen LogP contribution is -2.26. The zero-order chi connectivity index (χ0) is 14.1. The van der Waals surface area contributed by atoms with E-state index < -0.39 is 11.8 Å². The second-order valence-corrected chi connectivity index (χ2v) is 4.91. The van der Waals surface area contributed by atoms with Gasteiger partial charge < -0.3 is 9.15 Å². The summed E-state index contributed by atoms with van der Waals surface area (Å²) in [7, 11) is 0. The number of halogens is 1. The van der Waals surface area contributed by atoms with Gasteiger partial charge >= 0.3 is 11.8 Å². The van der Waals surface area contributed by atoms with Crippen LogP contribution in [0, 0.1) is 0 Å².